The van der Waals surface area contributed by atoms with E-state index in [1.165, 1.54) is 24.1 Å². The average molecular weight is 358 g/mol. The second-order valence-electron chi connectivity index (χ2n) is 5.42. The van der Waals surface area contributed by atoms with Gasteiger partial charge in [-0.25, -0.2) is 4.31 Å². The summed E-state index contributed by atoms with van der Waals surface area (Å²) in [6.45, 7) is 4.40. The molecule has 0 amide bonds. The normalized spacial score (nSPS) is 12.2. The molecule has 0 fully saturated rings. The molecule has 8 heteroatoms. The molecule has 0 radical (unpaired) electrons. The number of halogens is 3. The molecule has 1 heterocycles. The van der Waals surface area contributed by atoms with E-state index in [1.807, 2.05) is 24.4 Å². The first-order chi connectivity index (χ1) is 11.3. The van der Waals surface area contributed by atoms with Crippen molar-refractivity contribution in [3.63, 3.8) is 0 Å². The van der Waals surface area contributed by atoms with Gasteiger partial charge >= 0.3 is 6.18 Å². The van der Waals surface area contributed by atoms with E-state index in [0.29, 0.717) is 29.7 Å². The number of alkyl halides is 3. The van der Waals surface area contributed by atoms with Crippen LogP contribution in [0.15, 0.2) is 28.8 Å². The zero-order valence-corrected chi connectivity index (χ0v) is 14.2. The minimum atomic E-state index is -4.40. The first-order valence-electron chi connectivity index (χ1n) is 7.20. The number of hydrogen-bond donors (Lipinski definition) is 0. The first-order valence-corrected chi connectivity index (χ1v) is 8.38. The van der Waals surface area contributed by atoms with E-state index in [9.17, 15) is 18.0 Å². The second kappa shape index (κ2) is 7.40. The van der Waals surface area contributed by atoms with Crippen molar-refractivity contribution in [2.75, 3.05) is 6.26 Å². The number of nitrogens with zero attached hydrogens (tertiary/aromatic N) is 2. The van der Waals surface area contributed by atoms with Gasteiger partial charge < -0.3 is 4.52 Å². The van der Waals surface area contributed by atoms with Crippen LogP contribution in [-0.4, -0.2) is 28.0 Å². The third kappa shape index (κ3) is 3.99. The Bertz CT molecular complexity index is 696. The van der Waals surface area contributed by atoms with Crippen LogP contribution in [0.2, 0.25) is 0 Å². The molecule has 1 aromatic carbocycles. The summed E-state index contributed by atoms with van der Waals surface area (Å²) >= 11 is 1.50. The molecule has 4 nitrogen and oxygen atoms in total. The van der Waals surface area contributed by atoms with Crippen LogP contribution in [0.4, 0.5) is 13.2 Å². The Kier molecular flexibility index (Phi) is 5.71. The van der Waals surface area contributed by atoms with E-state index < -0.39 is 11.7 Å². The van der Waals surface area contributed by atoms with Crippen molar-refractivity contribution >= 4 is 18.2 Å². The van der Waals surface area contributed by atoms with Gasteiger partial charge in [-0.1, -0.05) is 29.2 Å². The topological polar surface area (TPSA) is 46.3 Å². The summed E-state index contributed by atoms with van der Waals surface area (Å²) < 4.78 is 45.3. The van der Waals surface area contributed by atoms with Crippen LogP contribution in [0.3, 0.4) is 0 Å². The number of carbonyl (C=O) groups is 1. The first kappa shape index (κ1) is 18.5. The molecular formula is C16H17F3N2O2S. The Hall–Kier alpha value is -1.80. The number of aldehydes is 1. The smallest absolute Gasteiger partial charge is 0.355 e. The lowest BCUT2D eigenvalue weighted by Crippen LogP contribution is -2.23. The predicted molar refractivity (Wildman–Crippen MR) is 86.5 cm³/mol. The highest BCUT2D eigenvalue weighted by molar-refractivity contribution is 7.96. The Morgan fingerprint density at radius 2 is 1.92 bits per heavy atom. The number of benzene rings is 1. The largest absolute Gasteiger partial charge is 0.416 e. The van der Waals surface area contributed by atoms with Gasteiger partial charge in [0, 0.05) is 23.7 Å². The van der Waals surface area contributed by atoms with Gasteiger partial charge in [0.05, 0.1) is 5.56 Å². The van der Waals surface area contributed by atoms with Crippen LogP contribution in [0.25, 0.3) is 11.3 Å². The summed E-state index contributed by atoms with van der Waals surface area (Å²) in [6.07, 6.45) is -1.90. The predicted octanol–water partition coefficient (Wildman–Crippen LogP) is 4.66. The Morgan fingerprint density at radius 3 is 2.38 bits per heavy atom. The van der Waals surface area contributed by atoms with Gasteiger partial charge in [0.1, 0.15) is 0 Å². The van der Waals surface area contributed by atoms with Gasteiger partial charge in [0.25, 0.3) is 0 Å². The average Bonchev–Trinajstić information content (AvgIpc) is 2.94. The zero-order valence-electron chi connectivity index (χ0n) is 13.4. The van der Waals surface area contributed by atoms with Crippen LogP contribution in [-0.2, 0) is 12.7 Å². The maximum Gasteiger partial charge on any atom is 0.416 e. The van der Waals surface area contributed by atoms with Crippen molar-refractivity contribution in [3.05, 3.63) is 41.1 Å². The number of rotatable bonds is 6. The van der Waals surface area contributed by atoms with Gasteiger partial charge in [-0.2, -0.15) is 13.2 Å². The minimum Gasteiger partial charge on any atom is -0.355 e. The quantitative estimate of drug-likeness (QED) is 0.555. The standard InChI is InChI=1S/C16H17F3N2O2S/c1-10(2)21(24-3)8-13-14(9-22)20-23-15(13)11-4-6-12(7-5-11)16(17,18)19/h4-7,9-10H,8H2,1-3H3. The van der Waals surface area contributed by atoms with Gasteiger partial charge in [0.2, 0.25) is 0 Å². The molecule has 0 unspecified atom stereocenters. The molecule has 0 aliphatic rings. The summed E-state index contributed by atoms with van der Waals surface area (Å²) in [5.74, 6) is 0.311. The Morgan fingerprint density at radius 1 is 1.29 bits per heavy atom. The molecule has 0 aliphatic carbocycles. The van der Waals surface area contributed by atoms with E-state index in [2.05, 4.69) is 5.16 Å². The van der Waals surface area contributed by atoms with Crippen molar-refractivity contribution < 1.29 is 22.5 Å². The molecule has 0 aliphatic heterocycles. The van der Waals surface area contributed by atoms with Crippen molar-refractivity contribution in [1.82, 2.24) is 9.46 Å². The zero-order chi connectivity index (χ0) is 17.9. The van der Waals surface area contributed by atoms with E-state index >= 15 is 0 Å². The molecule has 0 N–H and O–H groups in total. The van der Waals surface area contributed by atoms with Crippen molar-refractivity contribution in [2.45, 2.75) is 32.6 Å². The molecule has 2 aromatic rings. The van der Waals surface area contributed by atoms with E-state index in [0.717, 1.165) is 12.1 Å². The molecule has 2 rings (SSSR count). The summed E-state index contributed by atoms with van der Waals surface area (Å²) in [7, 11) is 0. The second-order valence-corrected chi connectivity index (χ2v) is 6.25. The highest BCUT2D eigenvalue weighted by atomic mass is 32.2. The monoisotopic (exact) mass is 358 g/mol. The van der Waals surface area contributed by atoms with Crippen LogP contribution in [0, 0.1) is 0 Å². The molecule has 130 valence electrons. The molecule has 0 saturated heterocycles. The third-order valence-electron chi connectivity index (χ3n) is 3.53. The molecule has 0 atom stereocenters. The van der Waals surface area contributed by atoms with Gasteiger partial charge in [-0.05, 0) is 32.2 Å². The summed E-state index contributed by atoms with van der Waals surface area (Å²) in [5.41, 5.74) is 0.427. The maximum atomic E-state index is 12.7. The Labute approximate surface area is 142 Å². The van der Waals surface area contributed by atoms with Crippen molar-refractivity contribution in [3.8, 4) is 11.3 Å². The summed E-state index contributed by atoms with van der Waals surface area (Å²) in [6, 6.07) is 4.81. The fraction of sp³-hybridized carbons (Fsp3) is 0.375. The molecule has 0 spiro atoms. The van der Waals surface area contributed by atoms with Gasteiger partial charge in [-0.15, -0.1) is 0 Å². The fourth-order valence-corrected chi connectivity index (χ4v) is 2.90. The molecule has 24 heavy (non-hydrogen) atoms. The van der Waals surface area contributed by atoms with Crippen LogP contribution >= 0.6 is 11.9 Å². The molecular weight excluding hydrogens is 341 g/mol. The minimum absolute atomic E-state index is 0.157. The molecule has 0 saturated carbocycles. The van der Waals surface area contributed by atoms with Crippen molar-refractivity contribution in [2.24, 2.45) is 0 Å². The van der Waals surface area contributed by atoms with E-state index in [-0.39, 0.29) is 11.7 Å². The van der Waals surface area contributed by atoms with Crippen molar-refractivity contribution in [1.29, 1.82) is 0 Å². The van der Waals surface area contributed by atoms with E-state index in [4.69, 9.17) is 4.52 Å². The lowest BCUT2D eigenvalue weighted by molar-refractivity contribution is -0.137. The highest BCUT2D eigenvalue weighted by Crippen LogP contribution is 2.33. The molecule has 1 aromatic heterocycles. The van der Waals surface area contributed by atoms with Gasteiger partial charge in [0.15, 0.2) is 17.7 Å². The summed E-state index contributed by atoms with van der Waals surface area (Å²) in [4.78, 5) is 11.2. The summed E-state index contributed by atoms with van der Waals surface area (Å²) in [5, 5.41) is 3.73. The Balaban J connectivity index is 2.40. The number of carbonyl (C=O) groups excluding carboxylic acids is 1. The molecule has 0 bridgehead atoms. The third-order valence-corrected chi connectivity index (χ3v) is 4.55. The lowest BCUT2D eigenvalue weighted by Gasteiger charge is -2.23. The van der Waals surface area contributed by atoms with Crippen LogP contribution in [0.5, 0.6) is 0 Å². The number of aromatic nitrogens is 1. The fourth-order valence-electron chi connectivity index (χ4n) is 2.22. The number of hydrogen-bond acceptors (Lipinski definition) is 5. The lowest BCUT2D eigenvalue weighted by atomic mass is 10.0. The van der Waals surface area contributed by atoms with Crippen LogP contribution in [0.1, 0.15) is 35.5 Å². The van der Waals surface area contributed by atoms with Crippen LogP contribution < -0.4 is 0 Å². The van der Waals surface area contributed by atoms with Gasteiger partial charge in [-0.3, -0.25) is 4.79 Å². The highest BCUT2D eigenvalue weighted by Gasteiger charge is 2.30. The SMILES string of the molecule is CSN(Cc1c(C=O)noc1-c1ccc(C(F)(F)F)cc1)C(C)C. The van der Waals surface area contributed by atoms with E-state index in [1.54, 1.807) is 0 Å². The maximum absolute atomic E-state index is 12.7.